The Balaban J connectivity index is 1.35. The van der Waals surface area contributed by atoms with E-state index in [4.69, 9.17) is 4.42 Å². The largest absolute Gasteiger partial charge is 0.451 e. The van der Waals surface area contributed by atoms with Gasteiger partial charge < -0.3 is 19.5 Å². The number of nitrogens with zero attached hydrogens (tertiary/aromatic N) is 3. The molecule has 0 spiro atoms. The number of benzene rings is 1. The smallest absolute Gasteiger partial charge is 0.289 e. The lowest BCUT2D eigenvalue weighted by molar-refractivity contribution is 0.0741. The number of aromatic nitrogens is 1. The maximum atomic E-state index is 12.7. The van der Waals surface area contributed by atoms with Gasteiger partial charge in [0.1, 0.15) is 17.1 Å². The van der Waals surface area contributed by atoms with Crippen LogP contribution in [0.25, 0.3) is 11.0 Å². The summed E-state index contributed by atoms with van der Waals surface area (Å²) in [6.07, 6.45) is 5.87. The molecule has 7 nitrogen and oxygen atoms in total. The molecule has 30 heavy (non-hydrogen) atoms. The SMILES string of the molecule is CN1CCc2ccc(C(=O)Nc3ccc4oc(C(=O)N5CC=CCC5)cc4c3)nc21. The van der Waals surface area contributed by atoms with Crippen molar-refractivity contribution in [1.82, 2.24) is 9.88 Å². The molecule has 0 aliphatic carbocycles. The van der Waals surface area contributed by atoms with E-state index in [2.05, 4.69) is 21.3 Å². The van der Waals surface area contributed by atoms with Gasteiger partial charge in [0.2, 0.25) is 0 Å². The van der Waals surface area contributed by atoms with Crippen LogP contribution in [0.4, 0.5) is 11.5 Å². The van der Waals surface area contributed by atoms with Gasteiger partial charge in [0.25, 0.3) is 11.8 Å². The minimum absolute atomic E-state index is 0.118. The average Bonchev–Trinajstić information content (AvgIpc) is 3.37. The molecule has 0 fully saturated rings. The van der Waals surface area contributed by atoms with Crippen molar-refractivity contribution in [2.24, 2.45) is 0 Å². The van der Waals surface area contributed by atoms with Crippen LogP contribution in [0.2, 0.25) is 0 Å². The monoisotopic (exact) mass is 402 g/mol. The van der Waals surface area contributed by atoms with E-state index in [0.29, 0.717) is 35.8 Å². The van der Waals surface area contributed by atoms with Crippen molar-refractivity contribution in [2.75, 3.05) is 36.9 Å². The number of hydrogen-bond acceptors (Lipinski definition) is 5. The number of nitrogens with one attached hydrogen (secondary N) is 1. The molecule has 0 radical (unpaired) electrons. The second kappa shape index (κ2) is 7.33. The Kier molecular flexibility index (Phi) is 4.50. The van der Waals surface area contributed by atoms with Crippen molar-refractivity contribution in [3.63, 3.8) is 0 Å². The van der Waals surface area contributed by atoms with Gasteiger partial charge in [-0.15, -0.1) is 0 Å². The van der Waals surface area contributed by atoms with Crippen LogP contribution in [0.5, 0.6) is 0 Å². The molecule has 1 aromatic carbocycles. The van der Waals surface area contributed by atoms with Crippen LogP contribution in [0.3, 0.4) is 0 Å². The summed E-state index contributed by atoms with van der Waals surface area (Å²) in [6, 6.07) is 10.8. The molecular formula is C23H22N4O3. The third-order valence-corrected chi connectivity index (χ3v) is 5.60. The predicted molar refractivity (Wildman–Crippen MR) is 115 cm³/mol. The molecule has 2 aliphatic rings. The molecule has 2 aromatic heterocycles. The fourth-order valence-electron chi connectivity index (χ4n) is 3.93. The number of rotatable bonds is 3. The number of amides is 2. The van der Waals surface area contributed by atoms with E-state index in [-0.39, 0.29) is 11.8 Å². The van der Waals surface area contributed by atoms with Gasteiger partial charge in [-0.3, -0.25) is 9.59 Å². The van der Waals surface area contributed by atoms with E-state index in [1.807, 2.05) is 25.3 Å². The maximum Gasteiger partial charge on any atom is 0.289 e. The lowest BCUT2D eigenvalue weighted by Gasteiger charge is -2.21. The normalized spacial score (nSPS) is 15.5. The lowest BCUT2D eigenvalue weighted by Crippen LogP contribution is -2.33. The fourth-order valence-corrected chi connectivity index (χ4v) is 3.93. The number of likely N-dealkylation sites (N-methyl/N-ethyl adjacent to an activating group) is 1. The van der Waals surface area contributed by atoms with Gasteiger partial charge in [-0.2, -0.15) is 0 Å². The first kappa shape index (κ1) is 18.4. The molecule has 0 unspecified atom stereocenters. The number of hydrogen-bond donors (Lipinski definition) is 1. The highest BCUT2D eigenvalue weighted by Crippen LogP contribution is 2.26. The Morgan fingerprint density at radius 1 is 1.10 bits per heavy atom. The summed E-state index contributed by atoms with van der Waals surface area (Å²) in [5.74, 6) is 0.792. The minimum atomic E-state index is -0.266. The van der Waals surface area contributed by atoms with E-state index in [1.165, 1.54) is 0 Å². The number of pyridine rings is 1. The third kappa shape index (κ3) is 3.32. The molecule has 4 heterocycles. The van der Waals surface area contributed by atoms with Crippen LogP contribution >= 0.6 is 0 Å². The van der Waals surface area contributed by atoms with Gasteiger partial charge in [-0.1, -0.05) is 18.2 Å². The topological polar surface area (TPSA) is 78.7 Å². The van der Waals surface area contributed by atoms with Gasteiger partial charge >= 0.3 is 0 Å². The van der Waals surface area contributed by atoms with Crippen molar-refractivity contribution in [1.29, 1.82) is 0 Å². The minimum Gasteiger partial charge on any atom is -0.451 e. The van der Waals surface area contributed by atoms with Gasteiger partial charge in [-0.25, -0.2) is 4.98 Å². The van der Waals surface area contributed by atoms with Crippen LogP contribution in [-0.4, -0.2) is 48.4 Å². The Morgan fingerprint density at radius 3 is 2.83 bits per heavy atom. The molecule has 0 saturated heterocycles. The van der Waals surface area contributed by atoms with E-state index >= 15 is 0 Å². The lowest BCUT2D eigenvalue weighted by atomic mass is 10.2. The molecule has 2 aliphatic heterocycles. The summed E-state index contributed by atoms with van der Waals surface area (Å²) in [5, 5.41) is 3.66. The summed E-state index contributed by atoms with van der Waals surface area (Å²) in [5.41, 5.74) is 2.78. The molecular weight excluding hydrogens is 380 g/mol. The Morgan fingerprint density at radius 2 is 2.00 bits per heavy atom. The van der Waals surface area contributed by atoms with E-state index in [0.717, 1.165) is 36.2 Å². The zero-order valence-electron chi connectivity index (χ0n) is 16.7. The van der Waals surface area contributed by atoms with E-state index in [1.54, 1.807) is 29.2 Å². The second-order valence-corrected chi connectivity index (χ2v) is 7.68. The zero-order valence-corrected chi connectivity index (χ0v) is 16.7. The first-order chi connectivity index (χ1) is 14.6. The zero-order chi connectivity index (χ0) is 20.7. The van der Waals surface area contributed by atoms with E-state index < -0.39 is 0 Å². The first-order valence-corrected chi connectivity index (χ1v) is 10.1. The summed E-state index contributed by atoms with van der Waals surface area (Å²) in [6.45, 7) is 2.20. The van der Waals surface area contributed by atoms with Crippen LogP contribution in [0.1, 0.15) is 33.0 Å². The number of carbonyl (C=O) groups is 2. The Bertz CT molecular complexity index is 1180. The second-order valence-electron chi connectivity index (χ2n) is 7.68. The number of furan rings is 1. The highest BCUT2D eigenvalue weighted by atomic mass is 16.3. The Hall–Kier alpha value is -3.61. The Labute approximate surface area is 174 Å². The molecule has 7 heteroatoms. The number of anilines is 2. The highest BCUT2D eigenvalue weighted by Gasteiger charge is 2.21. The average molecular weight is 402 g/mol. The van der Waals surface area contributed by atoms with Crippen molar-refractivity contribution >= 4 is 34.3 Å². The van der Waals surface area contributed by atoms with Gasteiger partial charge in [-0.05, 0) is 48.7 Å². The standard InChI is InChI=1S/C23H22N4O3/c1-26-12-9-15-5-7-18(25-21(15)26)22(28)24-17-6-8-19-16(13-17)14-20(30-19)23(29)27-10-3-2-4-11-27/h2-3,5-8,13-14H,4,9-12H2,1H3,(H,24,28). The molecule has 5 rings (SSSR count). The molecule has 152 valence electrons. The quantitative estimate of drug-likeness (QED) is 0.679. The van der Waals surface area contributed by atoms with Crippen LogP contribution < -0.4 is 10.2 Å². The van der Waals surface area contributed by atoms with Crippen LogP contribution in [-0.2, 0) is 6.42 Å². The third-order valence-electron chi connectivity index (χ3n) is 5.60. The molecule has 1 N–H and O–H groups in total. The molecule has 3 aromatic rings. The molecule has 2 amide bonds. The molecule has 0 atom stereocenters. The highest BCUT2D eigenvalue weighted by molar-refractivity contribution is 6.04. The summed E-state index contributed by atoms with van der Waals surface area (Å²) in [4.78, 5) is 33.7. The van der Waals surface area contributed by atoms with Crippen molar-refractivity contribution in [3.05, 3.63) is 65.6 Å². The first-order valence-electron chi connectivity index (χ1n) is 10.1. The van der Waals surface area contributed by atoms with Crippen molar-refractivity contribution in [3.8, 4) is 0 Å². The summed E-state index contributed by atoms with van der Waals surface area (Å²) < 4.78 is 5.74. The predicted octanol–water partition coefficient (Wildman–Crippen LogP) is 3.47. The maximum absolute atomic E-state index is 12.7. The van der Waals surface area contributed by atoms with Crippen molar-refractivity contribution < 1.29 is 14.0 Å². The van der Waals surface area contributed by atoms with Gasteiger partial charge in [0.15, 0.2) is 5.76 Å². The summed E-state index contributed by atoms with van der Waals surface area (Å²) >= 11 is 0. The molecule has 0 bridgehead atoms. The fraction of sp³-hybridized carbons (Fsp3) is 0.261. The van der Waals surface area contributed by atoms with Crippen LogP contribution in [0.15, 0.2) is 53.0 Å². The van der Waals surface area contributed by atoms with Crippen molar-refractivity contribution in [2.45, 2.75) is 12.8 Å². The van der Waals surface area contributed by atoms with Gasteiger partial charge in [0, 0.05) is 37.8 Å². The number of fused-ring (bicyclic) bond motifs is 2. The summed E-state index contributed by atoms with van der Waals surface area (Å²) in [7, 11) is 1.98. The van der Waals surface area contributed by atoms with Crippen LogP contribution in [0, 0.1) is 0 Å². The molecule has 0 saturated carbocycles. The number of carbonyl (C=O) groups excluding carboxylic acids is 2. The van der Waals surface area contributed by atoms with Gasteiger partial charge in [0.05, 0.1) is 0 Å². The van der Waals surface area contributed by atoms with E-state index in [9.17, 15) is 9.59 Å².